The Morgan fingerprint density at radius 2 is 1.94 bits per heavy atom. The van der Waals surface area contributed by atoms with E-state index >= 15 is 0 Å². The molecule has 0 spiro atoms. The van der Waals surface area contributed by atoms with E-state index in [1.807, 2.05) is 18.2 Å². The molecular weight excluding hydrogens is 386 g/mol. The number of ether oxygens (including phenoxy) is 1. The van der Waals surface area contributed by atoms with Crippen molar-refractivity contribution in [3.63, 3.8) is 0 Å². The number of nitrogens with one attached hydrogen (secondary N) is 2. The number of carbonyl (C=O) groups is 1. The number of fused-ring (bicyclic) bond motifs is 4. The van der Waals surface area contributed by atoms with E-state index in [0.29, 0.717) is 5.92 Å². The maximum atomic E-state index is 13.8. The van der Waals surface area contributed by atoms with Crippen LogP contribution in [-0.4, -0.2) is 43.3 Å². The number of ketones is 1. The molecule has 2 heterocycles. The summed E-state index contributed by atoms with van der Waals surface area (Å²) < 4.78 is 5.59. The van der Waals surface area contributed by atoms with Crippen LogP contribution < -0.4 is 4.90 Å². The number of benzene rings is 2. The van der Waals surface area contributed by atoms with E-state index in [-0.39, 0.29) is 11.2 Å². The average Bonchev–Trinajstić information content (AvgIpc) is 3.56. The van der Waals surface area contributed by atoms with Gasteiger partial charge in [-0.25, -0.2) is 0 Å². The van der Waals surface area contributed by atoms with Gasteiger partial charge in [-0.05, 0) is 53.6 Å². The fourth-order valence-electron chi connectivity index (χ4n) is 5.39. The molecule has 2 fully saturated rings. The molecule has 5 nitrogen and oxygen atoms in total. The Bertz CT molecular complexity index is 1240. The van der Waals surface area contributed by atoms with Crippen molar-refractivity contribution >= 4 is 28.6 Å². The second-order valence-electron chi connectivity index (χ2n) is 9.61. The summed E-state index contributed by atoms with van der Waals surface area (Å²) in [6.45, 7) is 7.73. The van der Waals surface area contributed by atoms with Crippen LogP contribution >= 0.6 is 0 Å². The number of rotatable bonds is 3. The van der Waals surface area contributed by atoms with E-state index in [9.17, 15) is 4.79 Å². The van der Waals surface area contributed by atoms with Gasteiger partial charge in [0.1, 0.15) is 0 Å². The van der Waals surface area contributed by atoms with Gasteiger partial charge in [-0.1, -0.05) is 26.0 Å². The van der Waals surface area contributed by atoms with E-state index < -0.39 is 0 Å². The first kappa shape index (κ1) is 18.8. The van der Waals surface area contributed by atoms with E-state index in [1.54, 1.807) is 0 Å². The predicted molar refractivity (Wildman–Crippen MR) is 123 cm³/mol. The van der Waals surface area contributed by atoms with E-state index in [4.69, 9.17) is 10.1 Å². The molecule has 3 aliphatic rings. The largest absolute Gasteiger partial charge is 0.378 e. The van der Waals surface area contributed by atoms with Crippen LogP contribution in [0.4, 0.5) is 5.69 Å². The summed E-state index contributed by atoms with van der Waals surface area (Å²) in [7, 11) is 0. The van der Waals surface area contributed by atoms with Crippen LogP contribution in [0.2, 0.25) is 0 Å². The van der Waals surface area contributed by atoms with E-state index in [0.717, 1.165) is 65.2 Å². The molecule has 0 bridgehead atoms. The highest BCUT2D eigenvalue weighted by Gasteiger charge is 2.41. The predicted octanol–water partition coefficient (Wildman–Crippen LogP) is 4.75. The van der Waals surface area contributed by atoms with Gasteiger partial charge in [-0.2, -0.15) is 0 Å². The fourth-order valence-corrected chi connectivity index (χ4v) is 5.39. The van der Waals surface area contributed by atoms with Gasteiger partial charge in [0.05, 0.1) is 18.8 Å². The zero-order valence-electron chi connectivity index (χ0n) is 18.0. The third kappa shape index (κ3) is 2.72. The first-order chi connectivity index (χ1) is 15.0. The zero-order valence-corrected chi connectivity index (χ0v) is 18.0. The second kappa shape index (κ2) is 6.54. The van der Waals surface area contributed by atoms with Crippen molar-refractivity contribution in [2.45, 2.75) is 38.0 Å². The Balaban J connectivity index is 1.57. The monoisotopic (exact) mass is 413 g/mol. The Morgan fingerprint density at radius 3 is 2.65 bits per heavy atom. The molecule has 2 N–H and O–H groups in total. The molecule has 5 heteroatoms. The average molecular weight is 414 g/mol. The van der Waals surface area contributed by atoms with Gasteiger partial charge >= 0.3 is 0 Å². The molecule has 0 amide bonds. The lowest BCUT2D eigenvalue weighted by Crippen LogP contribution is -2.38. The lowest BCUT2D eigenvalue weighted by Gasteiger charge is -2.36. The van der Waals surface area contributed by atoms with Gasteiger partial charge in [0.25, 0.3) is 0 Å². The third-order valence-electron chi connectivity index (χ3n) is 7.30. The van der Waals surface area contributed by atoms with Gasteiger partial charge in [-0.3, -0.25) is 4.79 Å². The molecule has 1 saturated heterocycles. The quantitative estimate of drug-likeness (QED) is 0.609. The molecule has 1 saturated carbocycles. The van der Waals surface area contributed by atoms with Crippen molar-refractivity contribution in [1.82, 2.24) is 4.98 Å². The number of anilines is 1. The van der Waals surface area contributed by atoms with E-state index in [2.05, 4.69) is 35.9 Å². The van der Waals surface area contributed by atoms with Crippen LogP contribution in [-0.2, 0) is 10.2 Å². The van der Waals surface area contributed by atoms with Crippen molar-refractivity contribution in [2.75, 3.05) is 31.2 Å². The van der Waals surface area contributed by atoms with Gasteiger partial charge in [0, 0.05) is 52.6 Å². The minimum Gasteiger partial charge on any atom is -0.378 e. The molecular formula is C26H27N3O2. The fraction of sp³-hybridized carbons (Fsp3) is 0.385. The zero-order chi connectivity index (χ0) is 21.3. The van der Waals surface area contributed by atoms with Crippen LogP contribution in [0.1, 0.15) is 70.9 Å². The Labute approximate surface area is 181 Å². The molecule has 6 rings (SSSR count). The highest BCUT2D eigenvalue weighted by atomic mass is 16.5. The number of hydrogen-bond donors (Lipinski definition) is 2. The number of H-pyrrole nitrogens is 1. The lowest BCUT2D eigenvalue weighted by atomic mass is 9.70. The van der Waals surface area contributed by atoms with Crippen LogP contribution in [0.25, 0.3) is 10.9 Å². The van der Waals surface area contributed by atoms with Crippen molar-refractivity contribution in [1.29, 1.82) is 5.41 Å². The van der Waals surface area contributed by atoms with Crippen molar-refractivity contribution < 1.29 is 9.53 Å². The molecule has 0 radical (unpaired) electrons. The minimum absolute atomic E-state index is 0.119. The lowest BCUT2D eigenvalue weighted by molar-refractivity contribution is 0.103. The smallest absolute Gasteiger partial charge is 0.195 e. The Hall–Kier alpha value is -2.92. The topological polar surface area (TPSA) is 69.2 Å². The van der Waals surface area contributed by atoms with Crippen LogP contribution in [0.5, 0.6) is 0 Å². The number of carbonyl (C=O) groups excluding carboxylic acids is 1. The molecule has 31 heavy (non-hydrogen) atoms. The SMILES string of the molecule is CC1(C)c2cc(N3CCOCC3)c(C3CC3)cc2C(=O)c2c1[nH]c1cc(C=N)ccc21. The highest BCUT2D eigenvalue weighted by Crippen LogP contribution is 2.50. The summed E-state index contributed by atoms with van der Waals surface area (Å²) in [5.74, 6) is 0.687. The normalized spacial score (nSPS) is 19.9. The summed E-state index contributed by atoms with van der Waals surface area (Å²) in [6, 6.07) is 10.4. The number of nitrogens with zero attached hydrogens (tertiary/aromatic N) is 1. The third-order valence-corrected chi connectivity index (χ3v) is 7.30. The number of hydrogen-bond acceptors (Lipinski definition) is 4. The standard InChI is InChI=1S/C26H27N3O2/c1-26(2)20-13-22(29-7-9-31-10-8-29)18(16-4-5-16)12-19(20)24(30)23-17-6-3-15(14-27)11-21(17)28-25(23)26/h3,6,11-14,16,27-28H,4-5,7-10H2,1-2H3. The van der Waals surface area contributed by atoms with Gasteiger partial charge in [0.15, 0.2) is 5.78 Å². The first-order valence-electron chi connectivity index (χ1n) is 11.2. The molecule has 3 aromatic rings. The summed E-state index contributed by atoms with van der Waals surface area (Å²) >= 11 is 0. The minimum atomic E-state index is -0.314. The summed E-state index contributed by atoms with van der Waals surface area (Å²) in [6.07, 6.45) is 3.76. The Morgan fingerprint density at radius 1 is 1.16 bits per heavy atom. The highest BCUT2D eigenvalue weighted by molar-refractivity contribution is 6.20. The first-order valence-corrected chi connectivity index (χ1v) is 11.2. The number of aromatic nitrogens is 1. The molecule has 0 unspecified atom stereocenters. The molecule has 2 aromatic carbocycles. The summed E-state index contributed by atoms with van der Waals surface area (Å²) in [5.41, 5.74) is 7.80. The second-order valence-corrected chi connectivity index (χ2v) is 9.61. The molecule has 158 valence electrons. The number of morpholine rings is 1. The summed E-state index contributed by atoms with van der Waals surface area (Å²) in [4.78, 5) is 19.8. The van der Waals surface area contributed by atoms with Gasteiger partial charge < -0.3 is 20.0 Å². The molecule has 1 aliphatic heterocycles. The molecule has 1 aromatic heterocycles. The van der Waals surface area contributed by atoms with Crippen molar-refractivity contribution in [3.05, 3.63) is 63.8 Å². The molecule has 2 aliphatic carbocycles. The van der Waals surface area contributed by atoms with Crippen LogP contribution in [0.15, 0.2) is 30.3 Å². The van der Waals surface area contributed by atoms with Gasteiger partial charge in [-0.15, -0.1) is 0 Å². The summed E-state index contributed by atoms with van der Waals surface area (Å²) in [5, 5.41) is 8.53. The maximum absolute atomic E-state index is 13.8. The Kier molecular flexibility index (Phi) is 3.97. The molecule has 0 atom stereocenters. The van der Waals surface area contributed by atoms with Gasteiger partial charge in [0.2, 0.25) is 0 Å². The maximum Gasteiger partial charge on any atom is 0.195 e. The number of aromatic amines is 1. The van der Waals surface area contributed by atoms with Crippen LogP contribution in [0.3, 0.4) is 0 Å². The van der Waals surface area contributed by atoms with Crippen molar-refractivity contribution in [3.8, 4) is 0 Å². The van der Waals surface area contributed by atoms with Crippen LogP contribution in [0, 0.1) is 5.41 Å². The van der Waals surface area contributed by atoms with E-state index in [1.165, 1.54) is 30.3 Å². The van der Waals surface area contributed by atoms with Crippen molar-refractivity contribution in [2.24, 2.45) is 0 Å².